The van der Waals surface area contributed by atoms with Crippen molar-refractivity contribution in [2.75, 3.05) is 13.7 Å². The minimum absolute atomic E-state index is 0.246. The molecular weight excluding hydrogens is 382 g/mol. The first kappa shape index (κ1) is 21.8. The van der Waals surface area contributed by atoms with Crippen molar-refractivity contribution in [1.82, 2.24) is 4.57 Å². The summed E-state index contributed by atoms with van der Waals surface area (Å²) in [6.07, 6.45) is 11.0. The number of methoxy groups -OCH3 is 1. The van der Waals surface area contributed by atoms with E-state index >= 15 is 0 Å². The third-order valence-electron chi connectivity index (χ3n) is 5.53. The molecule has 0 N–H and O–H groups in total. The fraction of sp³-hybridized carbons (Fsp3) is 0.500. The Labute approximate surface area is 179 Å². The molecule has 2 aliphatic rings. The number of nitrogens with zero attached hydrogens (tertiary/aromatic N) is 3. The lowest BCUT2D eigenvalue weighted by atomic mass is 10.0. The number of fused-ring (bicyclic) bond motifs is 1. The number of hydrogen-bond acceptors (Lipinski definition) is 3. The zero-order chi connectivity index (χ0) is 21.1. The summed E-state index contributed by atoms with van der Waals surface area (Å²) in [5.74, 6) is 0.388. The minimum atomic E-state index is 0.246. The molecule has 1 atom stereocenters. The highest BCUT2D eigenvalue weighted by Crippen LogP contribution is 2.36. The number of allylic oxidation sites excluding steroid dienone is 6. The van der Waals surface area contributed by atoms with Gasteiger partial charge in [0, 0.05) is 42.4 Å². The molecule has 0 saturated carbocycles. The Morgan fingerprint density at radius 2 is 1.97 bits per heavy atom. The van der Waals surface area contributed by atoms with E-state index in [1.54, 1.807) is 7.11 Å². The molecule has 0 aliphatic carbocycles. The summed E-state index contributed by atoms with van der Waals surface area (Å²) in [4.78, 5) is 10.1. The average molecular weight is 414 g/mol. The van der Waals surface area contributed by atoms with E-state index in [9.17, 15) is 0 Å². The molecule has 0 radical (unpaired) electrons. The van der Waals surface area contributed by atoms with Crippen LogP contribution in [-0.2, 0) is 11.2 Å². The van der Waals surface area contributed by atoms with Crippen LogP contribution in [0.25, 0.3) is 0 Å². The molecule has 0 spiro atoms. The molecule has 1 aromatic rings. The maximum Gasteiger partial charge on any atom is 0.0879 e. The molecule has 4 nitrogen and oxygen atoms in total. The van der Waals surface area contributed by atoms with E-state index in [0.29, 0.717) is 17.6 Å². The molecule has 0 aromatic carbocycles. The summed E-state index contributed by atoms with van der Waals surface area (Å²) < 4.78 is 7.65. The molecule has 0 bridgehead atoms. The van der Waals surface area contributed by atoms with Gasteiger partial charge in [-0.05, 0) is 44.2 Å². The molecule has 2 aliphatic heterocycles. The van der Waals surface area contributed by atoms with E-state index in [1.807, 2.05) is 0 Å². The number of halogens is 1. The molecule has 1 aromatic heterocycles. The maximum absolute atomic E-state index is 6.78. The monoisotopic (exact) mass is 413 g/mol. The van der Waals surface area contributed by atoms with Crippen LogP contribution in [0.4, 0.5) is 5.69 Å². The van der Waals surface area contributed by atoms with Crippen LogP contribution in [0.5, 0.6) is 0 Å². The average Bonchev–Trinajstić information content (AvgIpc) is 2.83. The number of aliphatic imine (C=N–C) groups is 2. The van der Waals surface area contributed by atoms with Crippen LogP contribution in [-0.4, -0.2) is 29.7 Å². The summed E-state index contributed by atoms with van der Waals surface area (Å²) in [6, 6.07) is 0.246. The highest BCUT2D eigenvalue weighted by atomic mass is 35.5. The van der Waals surface area contributed by atoms with Gasteiger partial charge in [0.05, 0.1) is 29.1 Å². The molecule has 3 heterocycles. The lowest BCUT2D eigenvalue weighted by molar-refractivity contribution is 0.161. The lowest BCUT2D eigenvalue weighted by Gasteiger charge is -2.16. The second-order valence-electron chi connectivity index (χ2n) is 8.11. The quantitative estimate of drug-likeness (QED) is 0.526. The zero-order valence-electron chi connectivity index (χ0n) is 18.4. The standard InChI is InChI=1S/C24H32ClN3O/c1-7-20-18(9-8-10-21(26-20)15(2)3)24-19(25)11-12-22-23(27-24)16(4)13-28(22)17(5)14-29-6/h8,10-11,13,15,17H,7,9,12,14H2,1-6H3/t17-/m0/s1. The van der Waals surface area contributed by atoms with Crippen molar-refractivity contribution in [3.8, 4) is 0 Å². The Kier molecular flexibility index (Phi) is 6.97. The van der Waals surface area contributed by atoms with Crippen LogP contribution >= 0.6 is 11.6 Å². The predicted octanol–water partition coefficient (Wildman–Crippen LogP) is 6.48. The van der Waals surface area contributed by atoms with Crippen LogP contribution in [0.3, 0.4) is 0 Å². The van der Waals surface area contributed by atoms with Gasteiger partial charge in [0.1, 0.15) is 0 Å². The van der Waals surface area contributed by atoms with Gasteiger partial charge in [-0.25, -0.2) is 4.99 Å². The molecule has 3 rings (SSSR count). The van der Waals surface area contributed by atoms with E-state index in [-0.39, 0.29) is 6.04 Å². The lowest BCUT2D eigenvalue weighted by Crippen LogP contribution is -2.12. The fourth-order valence-electron chi connectivity index (χ4n) is 3.95. The molecule has 29 heavy (non-hydrogen) atoms. The highest BCUT2D eigenvalue weighted by molar-refractivity contribution is 6.46. The largest absolute Gasteiger partial charge is 0.383 e. The second-order valence-corrected chi connectivity index (χ2v) is 8.52. The topological polar surface area (TPSA) is 38.9 Å². The maximum atomic E-state index is 6.78. The van der Waals surface area contributed by atoms with E-state index < -0.39 is 0 Å². The van der Waals surface area contributed by atoms with E-state index in [0.717, 1.165) is 53.2 Å². The number of rotatable bonds is 6. The minimum Gasteiger partial charge on any atom is -0.383 e. The molecular formula is C24H32ClN3O. The van der Waals surface area contributed by atoms with Gasteiger partial charge in [0.25, 0.3) is 0 Å². The molecule has 156 valence electrons. The van der Waals surface area contributed by atoms with Crippen molar-refractivity contribution in [2.45, 2.75) is 59.9 Å². The number of aryl methyl sites for hydroxylation is 1. The third-order valence-corrected chi connectivity index (χ3v) is 5.87. The van der Waals surface area contributed by atoms with Crippen molar-refractivity contribution in [3.63, 3.8) is 0 Å². The summed E-state index contributed by atoms with van der Waals surface area (Å²) in [6.45, 7) is 11.5. The predicted molar refractivity (Wildman–Crippen MR) is 124 cm³/mol. The van der Waals surface area contributed by atoms with Gasteiger partial charge in [-0.15, -0.1) is 0 Å². The first-order valence-electron chi connectivity index (χ1n) is 10.5. The Balaban J connectivity index is 2.14. The van der Waals surface area contributed by atoms with Gasteiger partial charge in [-0.3, -0.25) is 4.99 Å². The van der Waals surface area contributed by atoms with Crippen molar-refractivity contribution in [1.29, 1.82) is 0 Å². The molecule has 0 amide bonds. The zero-order valence-corrected chi connectivity index (χ0v) is 19.2. The van der Waals surface area contributed by atoms with Gasteiger partial charge in [0.15, 0.2) is 0 Å². The Bertz CT molecular complexity index is 928. The van der Waals surface area contributed by atoms with Crippen LogP contribution in [0.2, 0.25) is 0 Å². The summed E-state index contributed by atoms with van der Waals surface area (Å²) >= 11 is 6.78. The highest BCUT2D eigenvalue weighted by Gasteiger charge is 2.24. The summed E-state index contributed by atoms with van der Waals surface area (Å²) in [5.41, 5.74) is 7.56. The van der Waals surface area contributed by atoms with Gasteiger partial charge >= 0.3 is 0 Å². The SMILES string of the molecule is CCC1=C(C2=Nc3c(C)cn([C@@H](C)COC)c3CC=C2Cl)CC=CC(C(C)C)=N1. The first-order chi connectivity index (χ1) is 13.9. The first-order valence-corrected chi connectivity index (χ1v) is 10.9. The van der Waals surface area contributed by atoms with E-state index in [2.05, 4.69) is 63.6 Å². The number of hydrogen-bond donors (Lipinski definition) is 0. The fourth-order valence-corrected chi connectivity index (χ4v) is 4.18. The van der Waals surface area contributed by atoms with Gasteiger partial charge < -0.3 is 9.30 Å². The van der Waals surface area contributed by atoms with Gasteiger partial charge in [-0.1, -0.05) is 44.5 Å². The van der Waals surface area contributed by atoms with Crippen molar-refractivity contribution >= 4 is 28.7 Å². The van der Waals surface area contributed by atoms with Crippen molar-refractivity contribution in [3.05, 3.63) is 52.0 Å². The summed E-state index contributed by atoms with van der Waals surface area (Å²) in [7, 11) is 1.74. The van der Waals surface area contributed by atoms with Crippen LogP contribution in [0.1, 0.15) is 57.8 Å². The Morgan fingerprint density at radius 3 is 2.62 bits per heavy atom. The second kappa shape index (κ2) is 9.27. The van der Waals surface area contributed by atoms with Crippen LogP contribution in [0, 0.1) is 12.8 Å². The van der Waals surface area contributed by atoms with Crippen molar-refractivity contribution < 1.29 is 4.74 Å². The van der Waals surface area contributed by atoms with Gasteiger partial charge in [-0.2, -0.15) is 0 Å². The van der Waals surface area contributed by atoms with Crippen LogP contribution in [0.15, 0.2) is 50.7 Å². The molecule has 0 fully saturated rings. The number of ether oxygens (including phenoxy) is 1. The van der Waals surface area contributed by atoms with Gasteiger partial charge in [0.2, 0.25) is 0 Å². The normalized spacial score (nSPS) is 18.1. The molecule has 5 heteroatoms. The van der Waals surface area contributed by atoms with Crippen molar-refractivity contribution in [2.24, 2.45) is 15.9 Å². The third kappa shape index (κ3) is 4.49. The van der Waals surface area contributed by atoms with E-state index in [4.69, 9.17) is 26.3 Å². The summed E-state index contributed by atoms with van der Waals surface area (Å²) in [5, 5.41) is 0.712. The molecule has 0 unspecified atom stereocenters. The Hall–Kier alpha value is -1.91. The van der Waals surface area contributed by atoms with Crippen LogP contribution < -0.4 is 0 Å². The van der Waals surface area contributed by atoms with E-state index in [1.165, 1.54) is 5.69 Å². The molecule has 0 saturated heterocycles. The number of aromatic nitrogens is 1. The smallest absolute Gasteiger partial charge is 0.0879 e. The Morgan fingerprint density at radius 1 is 1.21 bits per heavy atom.